The van der Waals surface area contributed by atoms with E-state index in [1.165, 1.54) is 5.56 Å². The van der Waals surface area contributed by atoms with Crippen molar-refractivity contribution in [3.05, 3.63) is 67.6 Å². The normalized spacial score (nSPS) is 12.4. The Morgan fingerprint density at radius 3 is 2.55 bits per heavy atom. The van der Waals surface area contributed by atoms with Crippen molar-refractivity contribution in [2.24, 2.45) is 5.84 Å². The third-order valence-corrected chi connectivity index (χ3v) is 4.45. The van der Waals surface area contributed by atoms with E-state index in [0.717, 1.165) is 15.6 Å². The summed E-state index contributed by atoms with van der Waals surface area (Å²) in [4.78, 5) is 0. The third-order valence-electron chi connectivity index (χ3n) is 3.17. The van der Waals surface area contributed by atoms with Crippen LogP contribution in [-0.2, 0) is 6.42 Å². The van der Waals surface area contributed by atoms with Gasteiger partial charge in [-0.3, -0.25) is 11.3 Å². The second kappa shape index (κ2) is 6.92. The van der Waals surface area contributed by atoms with Crippen molar-refractivity contribution in [3.63, 3.8) is 0 Å². The summed E-state index contributed by atoms with van der Waals surface area (Å²) >= 11 is 15.7. The fourth-order valence-electron chi connectivity index (χ4n) is 2.08. The molecule has 1 unspecified atom stereocenters. The van der Waals surface area contributed by atoms with Crippen LogP contribution in [0.5, 0.6) is 0 Å². The van der Waals surface area contributed by atoms with Crippen LogP contribution in [0.25, 0.3) is 0 Å². The van der Waals surface area contributed by atoms with Gasteiger partial charge >= 0.3 is 0 Å². The minimum Gasteiger partial charge on any atom is -0.271 e. The molecule has 106 valence electrons. The highest BCUT2D eigenvalue weighted by Crippen LogP contribution is 2.29. The highest BCUT2D eigenvalue weighted by Gasteiger charge is 2.15. The summed E-state index contributed by atoms with van der Waals surface area (Å²) in [6.07, 6.45) is 0.689. The minimum atomic E-state index is -0.0244. The Bertz CT molecular complexity index is 617. The first-order valence-electron chi connectivity index (χ1n) is 6.17. The second-order valence-corrected chi connectivity index (χ2v) is 6.38. The van der Waals surface area contributed by atoms with E-state index < -0.39 is 0 Å². The Morgan fingerprint density at radius 1 is 1.20 bits per heavy atom. The molecular formula is C15H15BrCl2N2. The summed E-state index contributed by atoms with van der Waals surface area (Å²) in [5.74, 6) is 5.70. The zero-order chi connectivity index (χ0) is 14.7. The number of nitrogens with two attached hydrogens (primary N) is 1. The second-order valence-electron chi connectivity index (χ2n) is 4.68. The van der Waals surface area contributed by atoms with Crippen molar-refractivity contribution in [1.29, 1.82) is 0 Å². The lowest BCUT2D eigenvalue weighted by Crippen LogP contribution is -2.30. The Balaban J connectivity index is 2.28. The van der Waals surface area contributed by atoms with Crippen LogP contribution in [0, 0.1) is 6.92 Å². The van der Waals surface area contributed by atoms with Gasteiger partial charge in [0.25, 0.3) is 0 Å². The monoisotopic (exact) mass is 372 g/mol. The molecule has 0 amide bonds. The van der Waals surface area contributed by atoms with E-state index in [1.807, 2.05) is 12.1 Å². The molecule has 20 heavy (non-hydrogen) atoms. The molecule has 2 aromatic rings. The van der Waals surface area contributed by atoms with Crippen molar-refractivity contribution in [1.82, 2.24) is 5.43 Å². The summed E-state index contributed by atoms with van der Waals surface area (Å²) in [6, 6.07) is 11.7. The number of rotatable bonds is 4. The average molecular weight is 374 g/mol. The van der Waals surface area contributed by atoms with E-state index in [9.17, 15) is 0 Å². The molecule has 0 saturated heterocycles. The lowest BCUT2D eigenvalue weighted by Gasteiger charge is -2.19. The molecule has 0 fully saturated rings. The van der Waals surface area contributed by atoms with Gasteiger partial charge in [-0.2, -0.15) is 0 Å². The predicted molar refractivity (Wildman–Crippen MR) is 89.1 cm³/mol. The van der Waals surface area contributed by atoms with Gasteiger partial charge in [-0.05, 0) is 48.2 Å². The molecule has 0 bridgehead atoms. The summed E-state index contributed by atoms with van der Waals surface area (Å²) in [7, 11) is 0. The summed E-state index contributed by atoms with van der Waals surface area (Å²) in [5, 5.41) is 1.29. The first-order valence-corrected chi connectivity index (χ1v) is 7.72. The largest absolute Gasteiger partial charge is 0.271 e. The Kier molecular flexibility index (Phi) is 5.47. The number of aryl methyl sites for hydroxylation is 1. The van der Waals surface area contributed by atoms with Gasteiger partial charge < -0.3 is 0 Å². The lowest BCUT2D eigenvalue weighted by atomic mass is 9.98. The number of hydrazine groups is 1. The van der Waals surface area contributed by atoms with Gasteiger partial charge in [0.2, 0.25) is 0 Å². The van der Waals surface area contributed by atoms with E-state index in [1.54, 1.807) is 6.07 Å². The molecule has 0 spiro atoms. The van der Waals surface area contributed by atoms with Crippen LogP contribution in [-0.4, -0.2) is 0 Å². The molecule has 0 saturated carbocycles. The zero-order valence-corrected chi connectivity index (χ0v) is 14.1. The van der Waals surface area contributed by atoms with Crippen LogP contribution >= 0.6 is 39.1 Å². The molecule has 1 atom stereocenters. The van der Waals surface area contributed by atoms with Gasteiger partial charge in [0.05, 0.1) is 6.04 Å². The van der Waals surface area contributed by atoms with E-state index in [-0.39, 0.29) is 6.04 Å². The molecule has 0 aliphatic heterocycles. The molecule has 0 heterocycles. The lowest BCUT2D eigenvalue weighted by molar-refractivity contribution is 0.550. The van der Waals surface area contributed by atoms with Gasteiger partial charge in [-0.25, -0.2) is 0 Å². The SMILES string of the molecule is Cc1ccc(C(Cc2ccc(Cl)cc2Cl)NN)c(Br)c1. The average Bonchev–Trinajstić information content (AvgIpc) is 2.39. The maximum Gasteiger partial charge on any atom is 0.0511 e. The fraction of sp³-hybridized carbons (Fsp3) is 0.200. The first-order chi connectivity index (χ1) is 9.51. The third kappa shape index (κ3) is 3.74. The number of nitrogens with one attached hydrogen (secondary N) is 1. The number of benzene rings is 2. The molecule has 3 N–H and O–H groups in total. The standard InChI is InChI=1S/C15H15BrCl2N2/c1-9-2-5-12(13(16)6-9)15(20-19)7-10-3-4-11(17)8-14(10)18/h2-6,8,15,20H,7,19H2,1H3. The quantitative estimate of drug-likeness (QED) is 0.596. The first kappa shape index (κ1) is 15.8. The zero-order valence-electron chi connectivity index (χ0n) is 11.0. The van der Waals surface area contributed by atoms with Crippen molar-refractivity contribution < 1.29 is 0 Å². The highest BCUT2D eigenvalue weighted by atomic mass is 79.9. The van der Waals surface area contributed by atoms with Crippen molar-refractivity contribution in [2.45, 2.75) is 19.4 Å². The van der Waals surface area contributed by atoms with Crippen LogP contribution in [0.2, 0.25) is 10.0 Å². The molecule has 0 aliphatic carbocycles. The Labute approximate surface area is 137 Å². The molecular weight excluding hydrogens is 359 g/mol. The Hall–Kier alpha value is -0.580. The van der Waals surface area contributed by atoms with Gasteiger partial charge in [0.15, 0.2) is 0 Å². The minimum absolute atomic E-state index is 0.0244. The number of hydrogen-bond donors (Lipinski definition) is 2. The van der Waals surface area contributed by atoms with Crippen LogP contribution in [0.1, 0.15) is 22.7 Å². The maximum absolute atomic E-state index is 6.22. The molecule has 0 aliphatic rings. The van der Waals surface area contributed by atoms with Crippen molar-refractivity contribution in [2.75, 3.05) is 0 Å². The van der Waals surface area contributed by atoms with Gasteiger partial charge in [0.1, 0.15) is 0 Å². The summed E-state index contributed by atoms with van der Waals surface area (Å²) in [6.45, 7) is 2.05. The van der Waals surface area contributed by atoms with Gasteiger partial charge in [0, 0.05) is 14.5 Å². The van der Waals surface area contributed by atoms with E-state index in [2.05, 4.69) is 46.5 Å². The van der Waals surface area contributed by atoms with Crippen molar-refractivity contribution in [3.8, 4) is 0 Å². The summed E-state index contributed by atoms with van der Waals surface area (Å²) < 4.78 is 1.03. The van der Waals surface area contributed by atoms with Gasteiger partial charge in [-0.1, -0.05) is 57.3 Å². The maximum atomic E-state index is 6.22. The highest BCUT2D eigenvalue weighted by molar-refractivity contribution is 9.10. The van der Waals surface area contributed by atoms with Gasteiger partial charge in [-0.15, -0.1) is 0 Å². The van der Waals surface area contributed by atoms with Crippen LogP contribution in [0.15, 0.2) is 40.9 Å². The molecule has 2 aromatic carbocycles. The molecule has 2 rings (SSSR count). The number of halogens is 3. The molecule has 0 aromatic heterocycles. The van der Waals surface area contributed by atoms with E-state index >= 15 is 0 Å². The van der Waals surface area contributed by atoms with E-state index in [0.29, 0.717) is 16.5 Å². The fourth-order valence-corrected chi connectivity index (χ4v) is 3.34. The molecule has 5 heteroatoms. The topological polar surface area (TPSA) is 38.0 Å². The van der Waals surface area contributed by atoms with E-state index in [4.69, 9.17) is 29.0 Å². The van der Waals surface area contributed by atoms with Crippen LogP contribution in [0.3, 0.4) is 0 Å². The summed E-state index contributed by atoms with van der Waals surface area (Å²) in [5.41, 5.74) is 6.15. The van der Waals surface area contributed by atoms with Crippen molar-refractivity contribution >= 4 is 39.1 Å². The predicted octanol–water partition coefficient (Wildman–Crippen LogP) is 4.81. The Morgan fingerprint density at radius 2 is 1.95 bits per heavy atom. The molecule has 0 radical (unpaired) electrons. The smallest absolute Gasteiger partial charge is 0.0511 e. The van der Waals surface area contributed by atoms with Crippen LogP contribution in [0.4, 0.5) is 0 Å². The number of hydrogen-bond acceptors (Lipinski definition) is 2. The van der Waals surface area contributed by atoms with Crippen LogP contribution < -0.4 is 11.3 Å². The molecule has 2 nitrogen and oxygen atoms in total.